The van der Waals surface area contributed by atoms with Crippen molar-refractivity contribution in [2.45, 2.75) is 45.7 Å². The molecule has 2 atom stereocenters. The van der Waals surface area contributed by atoms with E-state index in [9.17, 15) is 9.59 Å². The Balaban J connectivity index is 4.31. The van der Waals surface area contributed by atoms with Crippen molar-refractivity contribution in [3.8, 4) is 0 Å². The minimum Gasteiger partial charge on any atom is -0.481 e. The monoisotopic (exact) mass is 230 g/mol. The number of carbonyl (C=O) groups excluding carboxylic acids is 1. The molecule has 16 heavy (non-hydrogen) atoms. The maximum absolute atomic E-state index is 11.7. The number of nitrogens with zero attached hydrogens (tertiary/aromatic N) is 1. The number of carboxylic acid groups (broad SMARTS) is 1. The van der Waals surface area contributed by atoms with E-state index in [1.807, 2.05) is 6.92 Å². The van der Waals surface area contributed by atoms with E-state index in [1.165, 1.54) is 4.90 Å². The Hall–Kier alpha value is -1.10. The lowest BCUT2D eigenvalue weighted by Crippen LogP contribution is -2.46. The van der Waals surface area contributed by atoms with Crippen LogP contribution in [0.1, 0.15) is 33.6 Å². The molecule has 0 spiro atoms. The van der Waals surface area contributed by atoms with Crippen molar-refractivity contribution < 1.29 is 14.7 Å². The highest BCUT2D eigenvalue weighted by Gasteiger charge is 2.24. The van der Waals surface area contributed by atoms with Crippen LogP contribution in [0.2, 0.25) is 0 Å². The summed E-state index contributed by atoms with van der Waals surface area (Å²) in [5.74, 6) is -0.873. The summed E-state index contributed by atoms with van der Waals surface area (Å²) >= 11 is 0. The van der Waals surface area contributed by atoms with Crippen LogP contribution in [0.4, 0.5) is 0 Å². The number of rotatable bonds is 6. The fourth-order valence-corrected chi connectivity index (χ4v) is 1.59. The largest absolute Gasteiger partial charge is 0.481 e. The summed E-state index contributed by atoms with van der Waals surface area (Å²) in [7, 11) is 1.66. The van der Waals surface area contributed by atoms with Gasteiger partial charge in [-0.15, -0.1) is 0 Å². The van der Waals surface area contributed by atoms with Gasteiger partial charge in [0.1, 0.15) is 0 Å². The maximum Gasteiger partial charge on any atom is 0.305 e. The number of carboxylic acids is 1. The topological polar surface area (TPSA) is 83.6 Å². The third-order valence-electron chi connectivity index (χ3n) is 2.53. The van der Waals surface area contributed by atoms with Gasteiger partial charge in [-0.2, -0.15) is 0 Å². The van der Waals surface area contributed by atoms with Crippen LogP contribution in [0.3, 0.4) is 0 Å². The zero-order valence-electron chi connectivity index (χ0n) is 10.4. The SMILES string of the molecule is CC(C)CC(C)N(C)C(=O)C(N)CC(=O)O. The molecule has 0 aliphatic rings. The molecule has 0 aliphatic heterocycles. The van der Waals surface area contributed by atoms with Gasteiger partial charge in [0.25, 0.3) is 0 Å². The summed E-state index contributed by atoms with van der Waals surface area (Å²) in [4.78, 5) is 23.7. The van der Waals surface area contributed by atoms with E-state index in [0.29, 0.717) is 5.92 Å². The first-order valence-electron chi connectivity index (χ1n) is 5.49. The molecule has 0 fully saturated rings. The minimum absolute atomic E-state index is 0.0762. The van der Waals surface area contributed by atoms with E-state index in [1.54, 1.807) is 7.05 Å². The van der Waals surface area contributed by atoms with Crippen LogP contribution in [0.25, 0.3) is 0 Å². The van der Waals surface area contributed by atoms with E-state index in [-0.39, 0.29) is 18.4 Å². The van der Waals surface area contributed by atoms with Crippen molar-refractivity contribution in [3.63, 3.8) is 0 Å². The Labute approximate surface area is 96.6 Å². The van der Waals surface area contributed by atoms with Crippen LogP contribution in [0, 0.1) is 5.92 Å². The molecule has 0 aromatic rings. The quantitative estimate of drug-likeness (QED) is 0.703. The molecule has 0 saturated heterocycles. The lowest BCUT2D eigenvalue weighted by atomic mass is 10.0. The second kappa shape index (κ2) is 6.48. The van der Waals surface area contributed by atoms with Gasteiger partial charge in [-0.1, -0.05) is 13.8 Å². The molecule has 3 N–H and O–H groups in total. The molecular formula is C11H22N2O3. The van der Waals surface area contributed by atoms with Gasteiger partial charge in [-0.25, -0.2) is 0 Å². The molecule has 1 amide bonds. The number of hydrogen-bond donors (Lipinski definition) is 2. The molecule has 0 rings (SSSR count). The molecule has 2 unspecified atom stereocenters. The summed E-state index contributed by atoms with van der Waals surface area (Å²) in [6.07, 6.45) is 0.555. The van der Waals surface area contributed by atoms with Crippen LogP contribution in [0.5, 0.6) is 0 Å². The summed E-state index contributed by atoms with van der Waals surface area (Å²) in [5, 5.41) is 8.55. The molecule has 0 bridgehead atoms. The first kappa shape index (κ1) is 14.9. The summed E-state index contributed by atoms with van der Waals surface area (Å²) in [6, 6.07) is -0.871. The predicted molar refractivity (Wildman–Crippen MR) is 61.9 cm³/mol. The van der Waals surface area contributed by atoms with Crippen LogP contribution in [-0.2, 0) is 9.59 Å². The number of aliphatic carboxylic acids is 1. The number of nitrogens with two attached hydrogens (primary N) is 1. The predicted octanol–water partition coefficient (Wildman–Crippen LogP) is 0.681. The highest BCUT2D eigenvalue weighted by molar-refractivity contribution is 5.85. The zero-order chi connectivity index (χ0) is 12.9. The van der Waals surface area contributed by atoms with Gasteiger partial charge in [0.05, 0.1) is 12.5 Å². The maximum atomic E-state index is 11.7. The number of likely N-dealkylation sites (N-methyl/N-ethyl adjacent to an activating group) is 1. The first-order valence-corrected chi connectivity index (χ1v) is 5.49. The van der Waals surface area contributed by atoms with Gasteiger partial charge < -0.3 is 15.7 Å². The first-order chi connectivity index (χ1) is 7.25. The molecule has 5 heteroatoms. The summed E-state index contributed by atoms with van der Waals surface area (Å²) in [5.41, 5.74) is 5.52. The molecule has 0 aromatic carbocycles. The molecule has 0 heterocycles. The smallest absolute Gasteiger partial charge is 0.305 e. The Morgan fingerprint density at radius 2 is 1.81 bits per heavy atom. The molecule has 0 aliphatic carbocycles. The van der Waals surface area contributed by atoms with E-state index in [4.69, 9.17) is 10.8 Å². The fourth-order valence-electron chi connectivity index (χ4n) is 1.59. The summed E-state index contributed by atoms with van der Waals surface area (Å²) in [6.45, 7) is 6.09. The molecule has 0 aromatic heterocycles. The van der Waals surface area contributed by atoms with Crippen LogP contribution >= 0.6 is 0 Å². The van der Waals surface area contributed by atoms with Crippen molar-refractivity contribution in [2.24, 2.45) is 11.7 Å². The van der Waals surface area contributed by atoms with Crippen LogP contribution < -0.4 is 5.73 Å². The van der Waals surface area contributed by atoms with E-state index < -0.39 is 12.0 Å². The van der Waals surface area contributed by atoms with Crippen LogP contribution in [0.15, 0.2) is 0 Å². The molecule has 0 radical (unpaired) electrons. The van der Waals surface area contributed by atoms with Crippen molar-refractivity contribution in [3.05, 3.63) is 0 Å². The van der Waals surface area contributed by atoms with Crippen LogP contribution in [-0.4, -0.2) is 41.0 Å². The summed E-state index contributed by atoms with van der Waals surface area (Å²) < 4.78 is 0. The van der Waals surface area contributed by atoms with Gasteiger partial charge >= 0.3 is 5.97 Å². The normalized spacial score (nSPS) is 14.6. The van der Waals surface area contributed by atoms with Crippen molar-refractivity contribution >= 4 is 11.9 Å². The van der Waals surface area contributed by atoms with E-state index in [0.717, 1.165) is 6.42 Å². The van der Waals surface area contributed by atoms with Gasteiger partial charge in [0, 0.05) is 13.1 Å². The third-order valence-corrected chi connectivity index (χ3v) is 2.53. The second-order valence-corrected chi connectivity index (χ2v) is 4.63. The number of carbonyl (C=O) groups is 2. The second-order valence-electron chi connectivity index (χ2n) is 4.63. The lowest BCUT2D eigenvalue weighted by molar-refractivity contribution is -0.142. The average molecular weight is 230 g/mol. The van der Waals surface area contributed by atoms with Gasteiger partial charge in [0.15, 0.2) is 0 Å². The highest BCUT2D eigenvalue weighted by Crippen LogP contribution is 2.10. The van der Waals surface area contributed by atoms with Crippen molar-refractivity contribution in [1.29, 1.82) is 0 Å². The van der Waals surface area contributed by atoms with E-state index >= 15 is 0 Å². The van der Waals surface area contributed by atoms with Gasteiger partial charge in [-0.3, -0.25) is 9.59 Å². The standard InChI is InChI=1S/C11H22N2O3/c1-7(2)5-8(3)13(4)11(16)9(12)6-10(14)15/h7-9H,5-6,12H2,1-4H3,(H,14,15). The molecule has 0 saturated carbocycles. The zero-order valence-corrected chi connectivity index (χ0v) is 10.4. The lowest BCUT2D eigenvalue weighted by Gasteiger charge is -2.28. The molecular weight excluding hydrogens is 208 g/mol. The average Bonchev–Trinajstić information content (AvgIpc) is 2.13. The third kappa shape index (κ3) is 5.11. The number of hydrogen-bond acceptors (Lipinski definition) is 3. The Morgan fingerprint density at radius 3 is 2.19 bits per heavy atom. The highest BCUT2D eigenvalue weighted by atomic mass is 16.4. The van der Waals surface area contributed by atoms with E-state index in [2.05, 4.69) is 13.8 Å². The van der Waals surface area contributed by atoms with Gasteiger partial charge in [-0.05, 0) is 19.3 Å². The Morgan fingerprint density at radius 1 is 1.31 bits per heavy atom. The molecule has 94 valence electrons. The fraction of sp³-hybridized carbons (Fsp3) is 0.818. The minimum atomic E-state index is -1.05. The molecule has 5 nitrogen and oxygen atoms in total. The van der Waals surface area contributed by atoms with Gasteiger partial charge in [0.2, 0.25) is 5.91 Å². The van der Waals surface area contributed by atoms with Crippen molar-refractivity contribution in [1.82, 2.24) is 4.90 Å². The Kier molecular flexibility index (Phi) is 6.03. The Bertz CT molecular complexity index is 254. The number of amides is 1. The van der Waals surface area contributed by atoms with Crippen molar-refractivity contribution in [2.75, 3.05) is 7.05 Å².